The van der Waals surface area contributed by atoms with Crippen LogP contribution < -0.4 is 10.5 Å². The Morgan fingerprint density at radius 3 is 2.74 bits per heavy atom. The van der Waals surface area contributed by atoms with Crippen molar-refractivity contribution in [2.75, 3.05) is 17.2 Å². The second kappa shape index (κ2) is 4.98. The van der Waals surface area contributed by atoms with Gasteiger partial charge in [-0.15, -0.1) is 0 Å². The maximum absolute atomic E-state index is 6.25. The third kappa shape index (κ3) is 2.53. The lowest BCUT2D eigenvalue weighted by Gasteiger charge is -2.26. The van der Waals surface area contributed by atoms with Crippen LogP contribution in [-0.4, -0.2) is 27.4 Å². The molecule has 0 radical (unpaired) electrons. The highest BCUT2D eigenvalue weighted by Gasteiger charge is 2.21. The van der Waals surface area contributed by atoms with Crippen LogP contribution in [0.3, 0.4) is 0 Å². The molecular formula is C13H14ClN3OS. The van der Waals surface area contributed by atoms with Gasteiger partial charge in [-0.1, -0.05) is 11.6 Å². The number of benzene rings is 1. The van der Waals surface area contributed by atoms with Gasteiger partial charge >= 0.3 is 0 Å². The number of ether oxygens (including phenoxy) is 1. The lowest BCUT2D eigenvalue weighted by atomic mass is 10.1. The molecule has 0 aliphatic carbocycles. The van der Waals surface area contributed by atoms with Crippen molar-refractivity contribution in [3.63, 3.8) is 0 Å². The van der Waals surface area contributed by atoms with Crippen molar-refractivity contribution < 1.29 is 4.74 Å². The molecule has 0 bridgehead atoms. The Hall–Kier alpha value is -1.33. The number of halogens is 1. The first-order valence-electron chi connectivity index (χ1n) is 5.97. The van der Waals surface area contributed by atoms with E-state index in [4.69, 9.17) is 22.1 Å². The van der Waals surface area contributed by atoms with E-state index in [9.17, 15) is 0 Å². The minimum atomic E-state index is 0.291. The quantitative estimate of drug-likeness (QED) is 0.946. The largest absolute Gasteiger partial charge is 0.487 e. The highest BCUT2D eigenvalue weighted by molar-refractivity contribution is 8.00. The molecule has 100 valence electrons. The molecule has 19 heavy (non-hydrogen) atoms. The van der Waals surface area contributed by atoms with E-state index in [0.717, 1.165) is 28.5 Å². The average Bonchev–Trinajstić information content (AvgIpc) is 2.66. The van der Waals surface area contributed by atoms with Gasteiger partial charge < -0.3 is 10.5 Å². The van der Waals surface area contributed by atoms with Gasteiger partial charge in [0.05, 0.1) is 10.7 Å². The molecule has 4 nitrogen and oxygen atoms in total. The summed E-state index contributed by atoms with van der Waals surface area (Å²) in [6.45, 7) is 0. The van der Waals surface area contributed by atoms with Crippen LogP contribution >= 0.6 is 23.4 Å². The Morgan fingerprint density at radius 1 is 1.42 bits per heavy atom. The standard InChI is InChI=1S/C13H14ClN3OS/c1-17-13(15)5-11(16-17)8-2-3-12(10(14)4-8)18-9-6-19-7-9/h2-5,9H,6-7,15H2,1H3. The van der Waals surface area contributed by atoms with E-state index in [1.165, 1.54) is 0 Å². The zero-order valence-electron chi connectivity index (χ0n) is 10.5. The topological polar surface area (TPSA) is 53.1 Å². The summed E-state index contributed by atoms with van der Waals surface area (Å²) in [5.74, 6) is 3.43. The number of anilines is 1. The first-order valence-corrected chi connectivity index (χ1v) is 7.50. The van der Waals surface area contributed by atoms with E-state index in [1.807, 2.05) is 43.1 Å². The smallest absolute Gasteiger partial charge is 0.138 e. The highest BCUT2D eigenvalue weighted by atomic mass is 35.5. The lowest BCUT2D eigenvalue weighted by Crippen LogP contribution is -2.31. The van der Waals surface area contributed by atoms with E-state index >= 15 is 0 Å². The zero-order valence-corrected chi connectivity index (χ0v) is 12.0. The molecule has 3 rings (SSSR count). The van der Waals surface area contributed by atoms with Crippen LogP contribution in [0.4, 0.5) is 5.82 Å². The summed E-state index contributed by atoms with van der Waals surface area (Å²) in [4.78, 5) is 0. The van der Waals surface area contributed by atoms with Crippen LogP contribution in [0.2, 0.25) is 5.02 Å². The number of hydrogen-bond acceptors (Lipinski definition) is 4. The minimum absolute atomic E-state index is 0.291. The molecule has 1 saturated heterocycles. The summed E-state index contributed by atoms with van der Waals surface area (Å²) >= 11 is 8.13. The summed E-state index contributed by atoms with van der Waals surface area (Å²) in [6, 6.07) is 7.54. The number of nitrogens with zero attached hydrogens (tertiary/aromatic N) is 2. The number of nitrogen functional groups attached to an aromatic ring is 1. The number of nitrogens with two attached hydrogens (primary N) is 1. The molecule has 2 aromatic rings. The summed E-state index contributed by atoms with van der Waals surface area (Å²) in [5, 5.41) is 4.94. The summed E-state index contributed by atoms with van der Waals surface area (Å²) < 4.78 is 7.44. The number of aromatic nitrogens is 2. The fraction of sp³-hybridized carbons (Fsp3) is 0.308. The van der Waals surface area contributed by atoms with Crippen LogP contribution in [0.1, 0.15) is 0 Å². The molecule has 0 amide bonds. The molecular weight excluding hydrogens is 282 g/mol. The van der Waals surface area contributed by atoms with E-state index in [0.29, 0.717) is 16.9 Å². The molecule has 1 aliphatic heterocycles. The van der Waals surface area contributed by atoms with Crippen LogP contribution in [0.15, 0.2) is 24.3 Å². The van der Waals surface area contributed by atoms with Crippen molar-refractivity contribution >= 4 is 29.2 Å². The summed E-state index contributed by atoms with van der Waals surface area (Å²) in [6.07, 6.45) is 0.291. The number of hydrogen-bond donors (Lipinski definition) is 1. The molecule has 1 aromatic heterocycles. The Bertz CT molecular complexity index is 590. The highest BCUT2D eigenvalue weighted by Crippen LogP contribution is 2.33. The number of thioether (sulfide) groups is 1. The number of aryl methyl sites for hydroxylation is 1. The monoisotopic (exact) mass is 295 g/mol. The van der Waals surface area contributed by atoms with E-state index in [-0.39, 0.29) is 0 Å². The van der Waals surface area contributed by atoms with Crippen molar-refractivity contribution in [3.05, 3.63) is 29.3 Å². The summed E-state index contributed by atoms with van der Waals surface area (Å²) in [7, 11) is 1.81. The maximum atomic E-state index is 6.25. The predicted octanol–water partition coefficient (Wildman–Crippen LogP) is 2.82. The van der Waals surface area contributed by atoms with E-state index in [2.05, 4.69) is 5.10 Å². The third-order valence-corrected chi connectivity index (χ3v) is 4.56. The SMILES string of the molecule is Cn1nc(-c2ccc(OC3CSC3)c(Cl)c2)cc1N. The second-order valence-corrected chi connectivity index (χ2v) is 5.98. The zero-order chi connectivity index (χ0) is 13.4. The Morgan fingerprint density at radius 2 is 2.21 bits per heavy atom. The van der Waals surface area contributed by atoms with Gasteiger partial charge in [0.1, 0.15) is 17.7 Å². The molecule has 2 N–H and O–H groups in total. The number of rotatable bonds is 3. The molecule has 0 atom stereocenters. The molecule has 0 unspecified atom stereocenters. The van der Waals surface area contributed by atoms with Gasteiger partial charge in [0.15, 0.2) is 0 Å². The second-order valence-electron chi connectivity index (χ2n) is 4.50. The third-order valence-electron chi connectivity index (χ3n) is 3.04. The van der Waals surface area contributed by atoms with Crippen molar-refractivity contribution in [2.45, 2.75) is 6.10 Å². The van der Waals surface area contributed by atoms with Gasteiger partial charge in [0, 0.05) is 30.2 Å². The average molecular weight is 296 g/mol. The van der Waals surface area contributed by atoms with Crippen LogP contribution in [0, 0.1) is 0 Å². The van der Waals surface area contributed by atoms with Crippen molar-refractivity contribution in [1.29, 1.82) is 0 Å². The Labute approximate surface area is 120 Å². The van der Waals surface area contributed by atoms with E-state index < -0.39 is 0 Å². The van der Waals surface area contributed by atoms with Crippen molar-refractivity contribution in [3.8, 4) is 17.0 Å². The van der Waals surface area contributed by atoms with Crippen molar-refractivity contribution in [2.24, 2.45) is 7.05 Å². The Balaban J connectivity index is 1.85. The predicted molar refractivity (Wildman–Crippen MR) is 79.8 cm³/mol. The van der Waals surface area contributed by atoms with E-state index in [1.54, 1.807) is 4.68 Å². The molecule has 0 saturated carbocycles. The van der Waals surface area contributed by atoms with Gasteiger partial charge in [-0.2, -0.15) is 16.9 Å². The normalized spacial score (nSPS) is 15.3. The maximum Gasteiger partial charge on any atom is 0.138 e. The summed E-state index contributed by atoms with van der Waals surface area (Å²) in [5.41, 5.74) is 7.53. The molecule has 2 heterocycles. The fourth-order valence-electron chi connectivity index (χ4n) is 1.84. The first kappa shape index (κ1) is 12.7. The minimum Gasteiger partial charge on any atom is -0.487 e. The van der Waals surface area contributed by atoms with Crippen LogP contribution in [-0.2, 0) is 7.05 Å². The fourth-order valence-corrected chi connectivity index (χ4v) is 2.63. The van der Waals surface area contributed by atoms with Crippen LogP contribution in [0.25, 0.3) is 11.3 Å². The molecule has 0 spiro atoms. The molecule has 1 aromatic carbocycles. The van der Waals surface area contributed by atoms with Gasteiger partial charge in [-0.25, -0.2) is 0 Å². The molecule has 1 aliphatic rings. The molecule has 1 fully saturated rings. The van der Waals surface area contributed by atoms with Gasteiger partial charge in [-0.05, 0) is 18.2 Å². The van der Waals surface area contributed by atoms with Crippen LogP contribution in [0.5, 0.6) is 5.75 Å². The van der Waals surface area contributed by atoms with Gasteiger partial charge in [0.2, 0.25) is 0 Å². The van der Waals surface area contributed by atoms with Crippen molar-refractivity contribution in [1.82, 2.24) is 9.78 Å². The van der Waals surface area contributed by atoms with Gasteiger partial charge in [-0.3, -0.25) is 4.68 Å². The lowest BCUT2D eigenvalue weighted by molar-refractivity contribution is 0.240. The first-order chi connectivity index (χ1) is 9.13. The Kier molecular flexibility index (Phi) is 3.33. The molecule has 6 heteroatoms. The van der Waals surface area contributed by atoms with Gasteiger partial charge in [0.25, 0.3) is 0 Å².